The van der Waals surface area contributed by atoms with Gasteiger partial charge in [-0.25, -0.2) is 4.79 Å². The number of amides is 1. The van der Waals surface area contributed by atoms with Crippen LogP contribution in [0, 0.1) is 13.8 Å². The molecule has 0 aliphatic carbocycles. The topological polar surface area (TPSA) is 81.1 Å². The van der Waals surface area contributed by atoms with Gasteiger partial charge in [-0.2, -0.15) is 0 Å². The third-order valence-corrected chi connectivity index (χ3v) is 5.52. The summed E-state index contributed by atoms with van der Waals surface area (Å²) >= 11 is 0. The highest BCUT2D eigenvalue weighted by Crippen LogP contribution is 2.24. The number of rotatable bonds is 10. The lowest BCUT2D eigenvalue weighted by atomic mass is 10.0. The first-order valence-electron chi connectivity index (χ1n) is 10.5. The lowest BCUT2D eigenvalue weighted by Crippen LogP contribution is -2.40. The SMILES string of the molecule is CCn1c(C)c(C(=O)CN(CCN(C)C)C(=O)c2ccc(OC)cc2)c(C)c1C(=O)OC. The molecule has 1 heterocycles. The number of hydrogen-bond acceptors (Lipinski definition) is 6. The van der Waals surface area contributed by atoms with Crippen molar-refractivity contribution >= 4 is 17.7 Å². The molecule has 1 amide bonds. The van der Waals surface area contributed by atoms with Crippen molar-refractivity contribution in [3.63, 3.8) is 0 Å². The summed E-state index contributed by atoms with van der Waals surface area (Å²) in [5.41, 5.74) is 2.58. The Morgan fingerprint density at radius 3 is 2.12 bits per heavy atom. The highest BCUT2D eigenvalue weighted by atomic mass is 16.5. The van der Waals surface area contributed by atoms with E-state index in [9.17, 15) is 14.4 Å². The van der Waals surface area contributed by atoms with Crippen molar-refractivity contribution in [3.05, 3.63) is 52.3 Å². The van der Waals surface area contributed by atoms with Crippen LogP contribution in [-0.2, 0) is 11.3 Å². The largest absolute Gasteiger partial charge is 0.497 e. The van der Waals surface area contributed by atoms with Gasteiger partial charge in [-0.15, -0.1) is 0 Å². The summed E-state index contributed by atoms with van der Waals surface area (Å²) in [5.74, 6) is -0.274. The first-order chi connectivity index (χ1) is 15.2. The maximum absolute atomic E-state index is 13.4. The molecule has 0 bridgehead atoms. The van der Waals surface area contributed by atoms with Gasteiger partial charge in [0.25, 0.3) is 5.91 Å². The number of ketones is 1. The number of aromatic nitrogens is 1. The number of methoxy groups -OCH3 is 2. The fourth-order valence-electron chi connectivity index (χ4n) is 3.80. The van der Waals surface area contributed by atoms with Crippen LogP contribution in [0.25, 0.3) is 0 Å². The van der Waals surface area contributed by atoms with E-state index in [4.69, 9.17) is 9.47 Å². The van der Waals surface area contributed by atoms with Gasteiger partial charge in [0.2, 0.25) is 0 Å². The second-order valence-corrected chi connectivity index (χ2v) is 7.85. The van der Waals surface area contributed by atoms with E-state index in [1.807, 2.05) is 32.8 Å². The van der Waals surface area contributed by atoms with Crippen LogP contribution in [0.4, 0.5) is 0 Å². The quantitative estimate of drug-likeness (QED) is 0.415. The van der Waals surface area contributed by atoms with Crippen molar-refractivity contribution in [3.8, 4) is 5.75 Å². The van der Waals surface area contributed by atoms with Gasteiger partial charge in [-0.05, 0) is 64.7 Å². The Bertz CT molecular complexity index is 977. The zero-order chi connectivity index (χ0) is 24.0. The summed E-state index contributed by atoms with van der Waals surface area (Å²) in [5, 5.41) is 0. The van der Waals surface area contributed by atoms with Gasteiger partial charge in [-0.3, -0.25) is 9.59 Å². The Labute approximate surface area is 189 Å². The highest BCUT2D eigenvalue weighted by molar-refractivity contribution is 6.06. The number of Topliss-reactive ketones (excluding diaryl/α,β-unsaturated/α-hetero) is 1. The van der Waals surface area contributed by atoms with Crippen LogP contribution in [0.15, 0.2) is 24.3 Å². The molecule has 0 radical (unpaired) electrons. The minimum absolute atomic E-state index is 0.0886. The molecule has 8 heteroatoms. The molecule has 1 aromatic carbocycles. The van der Waals surface area contributed by atoms with Gasteiger partial charge in [0, 0.05) is 36.5 Å². The smallest absolute Gasteiger partial charge is 0.354 e. The van der Waals surface area contributed by atoms with E-state index < -0.39 is 5.97 Å². The molecule has 8 nitrogen and oxygen atoms in total. The molecule has 0 saturated heterocycles. The van der Waals surface area contributed by atoms with Crippen LogP contribution in [0.5, 0.6) is 5.75 Å². The van der Waals surface area contributed by atoms with Crippen LogP contribution in [0.3, 0.4) is 0 Å². The number of benzene rings is 1. The molecule has 1 aromatic heterocycles. The number of carbonyl (C=O) groups excluding carboxylic acids is 3. The summed E-state index contributed by atoms with van der Waals surface area (Å²) in [6.45, 7) is 6.90. The van der Waals surface area contributed by atoms with Crippen LogP contribution in [0.1, 0.15) is 49.4 Å². The summed E-state index contributed by atoms with van der Waals surface area (Å²) < 4.78 is 11.9. The minimum atomic E-state index is -0.481. The van der Waals surface area contributed by atoms with Gasteiger partial charge >= 0.3 is 5.97 Å². The predicted octanol–water partition coefficient (Wildman–Crippen LogP) is 2.81. The van der Waals surface area contributed by atoms with Crippen LogP contribution < -0.4 is 4.74 Å². The Hall–Kier alpha value is -3.13. The van der Waals surface area contributed by atoms with Crippen molar-refractivity contribution in [2.75, 3.05) is 47.9 Å². The third kappa shape index (κ3) is 5.37. The van der Waals surface area contributed by atoms with E-state index >= 15 is 0 Å². The Morgan fingerprint density at radius 2 is 1.62 bits per heavy atom. The summed E-state index contributed by atoms with van der Waals surface area (Å²) in [7, 11) is 6.71. The van der Waals surface area contributed by atoms with E-state index in [1.54, 1.807) is 47.8 Å². The number of hydrogen-bond donors (Lipinski definition) is 0. The van der Waals surface area contributed by atoms with Crippen molar-refractivity contribution in [1.82, 2.24) is 14.4 Å². The number of likely N-dealkylation sites (N-methyl/N-ethyl adjacent to an activating group) is 1. The fraction of sp³-hybridized carbons (Fsp3) is 0.458. The molecule has 0 aliphatic heterocycles. The lowest BCUT2D eigenvalue weighted by molar-refractivity contribution is 0.0587. The van der Waals surface area contributed by atoms with E-state index in [-0.39, 0.29) is 18.2 Å². The normalized spacial score (nSPS) is 10.9. The first kappa shape index (κ1) is 25.1. The molecule has 0 saturated carbocycles. The molecule has 0 fully saturated rings. The van der Waals surface area contributed by atoms with Crippen molar-refractivity contribution in [2.24, 2.45) is 0 Å². The molecule has 0 spiro atoms. The minimum Gasteiger partial charge on any atom is -0.497 e. The van der Waals surface area contributed by atoms with Crippen molar-refractivity contribution in [2.45, 2.75) is 27.3 Å². The van der Waals surface area contributed by atoms with Gasteiger partial charge in [0.05, 0.1) is 20.8 Å². The predicted molar refractivity (Wildman–Crippen MR) is 123 cm³/mol. The number of nitrogens with zero attached hydrogens (tertiary/aromatic N) is 3. The van der Waals surface area contributed by atoms with Crippen LogP contribution in [0.2, 0.25) is 0 Å². The average Bonchev–Trinajstić information content (AvgIpc) is 3.04. The number of carbonyl (C=O) groups is 3. The maximum atomic E-state index is 13.4. The monoisotopic (exact) mass is 443 g/mol. The standard InChI is InChI=1S/C24H33N3O5/c1-8-27-17(3)21(16(2)22(27)24(30)32-7)20(28)15-26(14-13-25(4)5)23(29)18-9-11-19(31-6)12-10-18/h9-12H,8,13-15H2,1-7H3. The molecular weight excluding hydrogens is 410 g/mol. The maximum Gasteiger partial charge on any atom is 0.354 e. The van der Waals surface area contributed by atoms with Gasteiger partial charge in [0.1, 0.15) is 11.4 Å². The second kappa shape index (κ2) is 10.9. The van der Waals surface area contributed by atoms with E-state index in [0.717, 1.165) is 0 Å². The molecule has 2 rings (SSSR count). The molecular formula is C24H33N3O5. The van der Waals surface area contributed by atoms with Crippen molar-refractivity contribution < 1.29 is 23.9 Å². The zero-order valence-electron chi connectivity index (χ0n) is 20.0. The van der Waals surface area contributed by atoms with E-state index in [1.165, 1.54) is 7.11 Å². The number of esters is 1. The Morgan fingerprint density at radius 1 is 1.00 bits per heavy atom. The molecule has 0 aliphatic rings. The molecule has 2 aromatic rings. The molecule has 0 unspecified atom stereocenters. The second-order valence-electron chi connectivity index (χ2n) is 7.85. The third-order valence-electron chi connectivity index (χ3n) is 5.52. The molecule has 32 heavy (non-hydrogen) atoms. The average molecular weight is 444 g/mol. The fourth-order valence-corrected chi connectivity index (χ4v) is 3.80. The first-order valence-corrected chi connectivity index (χ1v) is 10.5. The molecule has 0 N–H and O–H groups in total. The van der Waals surface area contributed by atoms with Gasteiger partial charge < -0.3 is 23.8 Å². The van der Waals surface area contributed by atoms with E-state index in [0.29, 0.717) is 53.5 Å². The molecule has 0 atom stereocenters. The van der Waals surface area contributed by atoms with Gasteiger partial charge in [0.15, 0.2) is 5.78 Å². The number of ether oxygens (including phenoxy) is 2. The van der Waals surface area contributed by atoms with Crippen LogP contribution >= 0.6 is 0 Å². The Balaban J connectivity index is 2.39. The summed E-state index contributed by atoms with van der Waals surface area (Å²) in [4.78, 5) is 42.4. The summed E-state index contributed by atoms with van der Waals surface area (Å²) in [6.07, 6.45) is 0. The Kier molecular flexibility index (Phi) is 8.60. The van der Waals surface area contributed by atoms with Crippen molar-refractivity contribution in [1.29, 1.82) is 0 Å². The molecule has 174 valence electrons. The van der Waals surface area contributed by atoms with Crippen LogP contribution in [-0.4, -0.2) is 80.0 Å². The highest BCUT2D eigenvalue weighted by Gasteiger charge is 2.28. The van der Waals surface area contributed by atoms with E-state index in [2.05, 4.69) is 0 Å². The lowest BCUT2D eigenvalue weighted by Gasteiger charge is -2.24. The van der Waals surface area contributed by atoms with Gasteiger partial charge in [-0.1, -0.05) is 0 Å². The zero-order valence-corrected chi connectivity index (χ0v) is 20.0. The summed E-state index contributed by atoms with van der Waals surface area (Å²) in [6, 6.07) is 6.82.